The van der Waals surface area contributed by atoms with Crippen LogP contribution in [0.25, 0.3) is 5.65 Å². The van der Waals surface area contributed by atoms with Crippen molar-refractivity contribution in [1.82, 2.24) is 19.5 Å². The van der Waals surface area contributed by atoms with E-state index < -0.39 is 4.92 Å². The van der Waals surface area contributed by atoms with Crippen LogP contribution in [0.3, 0.4) is 0 Å². The second kappa shape index (κ2) is 7.32. The highest BCUT2D eigenvalue weighted by Gasteiger charge is 2.27. The van der Waals surface area contributed by atoms with E-state index in [-0.39, 0.29) is 5.82 Å². The molecular formula is C19H22N6O2. The molecule has 1 aliphatic rings. The molecule has 0 amide bonds. The first-order chi connectivity index (χ1) is 13.2. The van der Waals surface area contributed by atoms with Crippen molar-refractivity contribution in [1.29, 1.82) is 0 Å². The van der Waals surface area contributed by atoms with Crippen molar-refractivity contribution in [2.24, 2.45) is 0 Å². The van der Waals surface area contributed by atoms with Gasteiger partial charge in [0.05, 0.1) is 0 Å². The molecule has 4 rings (SSSR count). The predicted octanol–water partition coefficient (Wildman–Crippen LogP) is 2.74. The van der Waals surface area contributed by atoms with Gasteiger partial charge in [-0.1, -0.05) is 46.9 Å². The van der Waals surface area contributed by atoms with Gasteiger partial charge >= 0.3 is 5.82 Å². The molecule has 0 radical (unpaired) electrons. The molecule has 1 aliphatic heterocycles. The fourth-order valence-electron chi connectivity index (χ4n) is 3.66. The summed E-state index contributed by atoms with van der Waals surface area (Å²) in [6.45, 7) is 5.75. The molecule has 1 aromatic carbocycles. The number of hydrogen-bond donors (Lipinski definition) is 0. The molecule has 0 saturated carbocycles. The van der Waals surface area contributed by atoms with Gasteiger partial charge in [-0.2, -0.15) is 0 Å². The van der Waals surface area contributed by atoms with Crippen molar-refractivity contribution < 1.29 is 4.92 Å². The number of benzene rings is 1. The Morgan fingerprint density at radius 2 is 2.00 bits per heavy atom. The number of nitrogens with zero attached hydrogens (tertiary/aromatic N) is 6. The molecule has 2 aromatic heterocycles. The molecule has 1 fully saturated rings. The highest BCUT2D eigenvalue weighted by molar-refractivity contribution is 5.49. The largest absolute Gasteiger partial charge is 0.368 e. The Bertz CT molecular complexity index is 942. The minimum atomic E-state index is -0.455. The van der Waals surface area contributed by atoms with Crippen molar-refractivity contribution >= 4 is 17.3 Å². The number of nitro groups is 1. The summed E-state index contributed by atoms with van der Waals surface area (Å²) in [6.07, 6.45) is 2.29. The molecule has 3 heterocycles. The molecular weight excluding hydrogens is 344 g/mol. The normalized spacial score (nSPS) is 18.1. The number of hydrogen-bond acceptors (Lipinski definition) is 6. The first-order valence-corrected chi connectivity index (χ1v) is 9.18. The van der Waals surface area contributed by atoms with Gasteiger partial charge in [-0.05, 0) is 23.0 Å². The minimum Gasteiger partial charge on any atom is -0.358 e. The number of aromatic nitrogens is 3. The quantitative estimate of drug-likeness (QED) is 0.510. The molecule has 0 spiro atoms. The maximum absolute atomic E-state index is 11.2. The molecule has 8 heteroatoms. The standard InChI is InChI=1S/C19H22N6O2/c1-2-16-14-23(11-10-22(16)13-15-6-4-3-5-7-15)18-9-8-17-20-12-19(25(26)27)24(17)21-18/h3-9,12,16H,2,10-11,13-14H2,1H3. The van der Waals surface area contributed by atoms with Crippen LogP contribution in [0.5, 0.6) is 0 Å². The van der Waals surface area contributed by atoms with E-state index in [2.05, 4.69) is 51.1 Å². The number of rotatable bonds is 5. The maximum Gasteiger partial charge on any atom is 0.368 e. The third-order valence-electron chi connectivity index (χ3n) is 5.15. The number of fused-ring (bicyclic) bond motifs is 1. The Hall–Kier alpha value is -3.00. The van der Waals surface area contributed by atoms with Gasteiger partial charge in [0.1, 0.15) is 6.20 Å². The average Bonchev–Trinajstić information content (AvgIpc) is 3.12. The highest BCUT2D eigenvalue weighted by Crippen LogP contribution is 2.22. The van der Waals surface area contributed by atoms with Gasteiger partial charge in [-0.3, -0.25) is 4.90 Å². The Kier molecular flexibility index (Phi) is 4.72. The fourth-order valence-corrected chi connectivity index (χ4v) is 3.66. The van der Waals surface area contributed by atoms with Gasteiger partial charge in [0.2, 0.25) is 5.65 Å². The first-order valence-electron chi connectivity index (χ1n) is 9.18. The number of imidazole rings is 1. The van der Waals surface area contributed by atoms with E-state index in [4.69, 9.17) is 0 Å². The van der Waals surface area contributed by atoms with Crippen LogP contribution >= 0.6 is 0 Å². The second-order valence-corrected chi connectivity index (χ2v) is 6.80. The van der Waals surface area contributed by atoms with Crippen molar-refractivity contribution in [3.05, 3.63) is 64.3 Å². The number of piperazine rings is 1. The molecule has 0 N–H and O–H groups in total. The van der Waals surface area contributed by atoms with Crippen LogP contribution < -0.4 is 4.90 Å². The van der Waals surface area contributed by atoms with E-state index in [9.17, 15) is 10.1 Å². The van der Waals surface area contributed by atoms with Gasteiger partial charge in [-0.15, -0.1) is 0 Å². The summed E-state index contributed by atoms with van der Waals surface area (Å²) in [5, 5.41) is 15.6. The smallest absolute Gasteiger partial charge is 0.358 e. The second-order valence-electron chi connectivity index (χ2n) is 6.80. The van der Waals surface area contributed by atoms with Crippen molar-refractivity contribution in [3.63, 3.8) is 0 Å². The minimum absolute atomic E-state index is 0.110. The van der Waals surface area contributed by atoms with Crippen molar-refractivity contribution in [2.75, 3.05) is 24.5 Å². The van der Waals surface area contributed by atoms with Gasteiger partial charge in [0.15, 0.2) is 5.82 Å². The third kappa shape index (κ3) is 3.48. The van der Waals surface area contributed by atoms with E-state index in [1.807, 2.05) is 12.1 Å². The van der Waals surface area contributed by atoms with Crippen LogP contribution in [0.1, 0.15) is 18.9 Å². The third-order valence-corrected chi connectivity index (χ3v) is 5.15. The molecule has 1 atom stereocenters. The van der Waals surface area contributed by atoms with Crippen LogP contribution in [0.2, 0.25) is 0 Å². The van der Waals surface area contributed by atoms with Crippen LogP contribution in [0.4, 0.5) is 11.6 Å². The van der Waals surface area contributed by atoms with E-state index in [1.54, 1.807) is 6.07 Å². The molecule has 1 saturated heterocycles. The molecule has 0 bridgehead atoms. The molecule has 0 aliphatic carbocycles. The molecule has 1 unspecified atom stereocenters. The van der Waals surface area contributed by atoms with Crippen molar-refractivity contribution in [2.45, 2.75) is 25.9 Å². The maximum atomic E-state index is 11.2. The van der Waals surface area contributed by atoms with Crippen LogP contribution in [0.15, 0.2) is 48.7 Å². The Labute approximate surface area is 157 Å². The van der Waals surface area contributed by atoms with Gasteiger partial charge in [0, 0.05) is 38.3 Å². The summed E-state index contributed by atoms with van der Waals surface area (Å²) in [5.41, 5.74) is 1.80. The summed E-state index contributed by atoms with van der Waals surface area (Å²) >= 11 is 0. The first kappa shape index (κ1) is 17.4. The summed E-state index contributed by atoms with van der Waals surface area (Å²) in [7, 11) is 0. The molecule has 27 heavy (non-hydrogen) atoms. The fraction of sp³-hybridized carbons (Fsp3) is 0.368. The zero-order chi connectivity index (χ0) is 18.8. The Balaban J connectivity index is 1.53. The lowest BCUT2D eigenvalue weighted by atomic mass is 10.1. The van der Waals surface area contributed by atoms with E-state index in [1.165, 1.54) is 16.3 Å². The monoisotopic (exact) mass is 366 g/mol. The van der Waals surface area contributed by atoms with E-state index in [0.29, 0.717) is 11.7 Å². The lowest BCUT2D eigenvalue weighted by molar-refractivity contribution is -0.391. The molecule has 140 valence electrons. The van der Waals surface area contributed by atoms with Crippen molar-refractivity contribution in [3.8, 4) is 0 Å². The number of anilines is 1. The zero-order valence-electron chi connectivity index (χ0n) is 15.2. The van der Waals surface area contributed by atoms with E-state index in [0.717, 1.165) is 38.4 Å². The van der Waals surface area contributed by atoms with E-state index >= 15 is 0 Å². The summed E-state index contributed by atoms with van der Waals surface area (Å²) in [4.78, 5) is 19.5. The lowest BCUT2D eigenvalue weighted by Crippen LogP contribution is -2.52. The lowest BCUT2D eigenvalue weighted by Gasteiger charge is -2.41. The molecule has 3 aromatic rings. The highest BCUT2D eigenvalue weighted by atomic mass is 16.6. The average molecular weight is 366 g/mol. The Morgan fingerprint density at radius 1 is 1.19 bits per heavy atom. The van der Waals surface area contributed by atoms with Gasteiger partial charge < -0.3 is 15.0 Å². The van der Waals surface area contributed by atoms with Crippen LogP contribution in [-0.2, 0) is 6.54 Å². The topological polar surface area (TPSA) is 79.8 Å². The SMILES string of the molecule is CCC1CN(c2ccc3ncc([N+](=O)[O-])n3n2)CCN1Cc1ccccc1. The summed E-state index contributed by atoms with van der Waals surface area (Å²) < 4.78 is 1.31. The molecule has 8 nitrogen and oxygen atoms in total. The van der Waals surface area contributed by atoms with Gasteiger partial charge in [0.25, 0.3) is 0 Å². The van der Waals surface area contributed by atoms with Crippen LogP contribution in [0, 0.1) is 10.1 Å². The van der Waals surface area contributed by atoms with Crippen LogP contribution in [-0.4, -0.2) is 50.1 Å². The Morgan fingerprint density at radius 3 is 2.74 bits per heavy atom. The summed E-state index contributed by atoms with van der Waals surface area (Å²) in [5.74, 6) is 0.642. The summed E-state index contributed by atoms with van der Waals surface area (Å²) in [6, 6.07) is 14.6. The zero-order valence-corrected chi connectivity index (χ0v) is 15.2. The van der Waals surface area contributed by atoms with Gasteiger partial charge in [-0.25, -0.2) is 4.98 Å². The predicted molar refractivity (Wildman–Crippen MR) is 103 cm³/mol.